The number of aliphatic hydroxyl groups excluding tert-OH is 1. The second kappa shape index (κ2) is 12.7. The molecule has 1 amide bonds. The quantitative estimate of drug-likeness (QED) is 0.268. The molecule has 1 saturated heterocycles. The van der Waals surface area contributed by atoms with Crippen molar-refractivity contribution in [2.45, 2.75) is 76.4 Å². The Morgan fingerprint density at radius 3 is 2.39 bits per heavy atom. The number of amides is 1. The highest BCUT2D eigenvalue weighted by Gasteiger charge is 2.39. The summed E-state index contributed by atoms with van der Waals surface area (Å²) < 4.78 is 7.26. The summed E-state index contributed by atoms with van der Waals surface area (Å²) in [7, 11) is -2.09. The standard InChI is InChI=1S/C29H39NO3S2Si/c1-29(2,3)36(4,5)33-26(17-16-22-12-8-6-9-13-22)19-25(31)20-27(32)30-24(21-35-28(30)34)18-23-14-10-7-11-15-23/h6-17,24-26,31H,18-21H2,1-5H3/b17-16+/t24-,25-,26+/m0/s1. The normalized spacial score (nSPS) is 18.6. The predicted molar refractivity (Wildman–Crippen MR) is 159 cm³/mol. The van der Waals surface area contributed by atoms with Gasteiger partial charge in [-0.25, -0.2) is 0 Å². The monoisotopic (exact) mass is 541 g/mol. The second-order valence-electron chi connectivity index (χ2n) is 11.0. The number of thioether (sulfide) groups is 1. The molecule has 1 aliphatic rings. The number of benzene rings is 2. The van der Waals surface area contributed by atoms with Crippen LogP contribution < -0.4 is 0 Å². The number of carbonyl (C=O) groups excluding carboxylic acids is 1. The summed E-state index contributed by atoms with van der Waals surface area (Å²) >= 11 is 7.06. The van der Waals surface area contributed by atoms with E-state index in [0.717, 1.165) is 17.7 Å². The van der Waals surface area contributed by atoms with E-state index in [0.29, 0.717) is 10.7 Å². The third-order valence-electron chi connectivity index (χ3n) is 7.01. The van der Waals surface area contributed by atoms with Gasteiger partial charge in [-0.1, -0.05) is 118 Å². The van der Waals surface area contributed by atoms with Crippen molar-refractivity contribution in [3.63, 3.8) is 0 Å². The highest BCUT2D eigenvalue weighted by atomic mass is 32.2. The molecule has 3 atom stereocenters. The molecule has 0 aliphatic carbocycles. The Kier molecular flexibility index (Phi) is 10.1. The van der Waals surface area contributed by atoms with Gasteiger partial charge in [-0.2, -0.15) is 0 Å². The van der Waals surface area contributed by atoms with Crippen LogP contribution in [0.25, 0.3) is 6.08 Å². The molecule has 0 bridgehead atoms. The van der Waals surface area contributed by atoms with Gasteiger partial charge < -0.3 is 9.53 Å². The van der Waals surface area contributed by atoms with Gasteiger partial charge in [0.05, 0.1) is 24.7 Å². The van der Waals surface area contributed by atoms with Crippen LogP contribution in [0.3, 0.4) is 0 Å². The molecule has 0 aromatic heterocycles. The van der Waals surface area contributed by atoms with Gasteiger partial charge in [-0.05, 0) is 35.7 Å². The smallest absolute Gasteiger partial charge is 0.230 e. The van der Waals surface area contributed by atoms with Crippen LogP contribution in [0.4, 0.5) is 0 Å². The maximum atomic E-state index is 13.3. The Morgan fingerprint density at radius 1 is 1.17 bits per heavy atom. The van der Waals surface area contributed by atoms with Crippen molar-refractivity contribution < 1.29 is 14.3 Å². The highest BCUT2D eigenvalue weighted by molar-refractivity contribution is 8.23. The molecule has 0 saturated carbocycles. The lowest BCUT2D eigenvalue weighted by atomic mass is 10.0. The number of carbonyl (C=O) groups is 1. The van der Waals surface area contributed by atoms with E-state index in [1.807, 2.05) is 60.7 Å². The zero-order valence-electron chi connectivity index (χ0n) is 22.0. The van der Waals surface area contributed by atoms with E-state index in [-0.39, 0.29) is 29.5 Å². The predicted octanol–water partition coefficient (Wildman–Crippen LogP) is 6.70. The van der Waals surface area contributed by atoms with E-state index < -0.39 is 14.4 Å². The van der Waals surface area contributed by atoms with Crippen LogP contribution >= 0.6 is 24.0 Å². The first-order chi connectivity index (χ1) is 17.0. The van der Waals surface area contributed by atoms with Gasteiger partial charge in [0.1, 0.15) is 4.32 Å². The summed E-state index contributed by atoms with van der Waals surface area (Å²) in [5.74, 6) is 0.670. The van der Waals surface area contributed by atoms with Crippen molar-refractivity contribution in [2.75, 3.05) is 5.75 Å². The number of aliphatic hydroxyl groups is 1. The maximum absolute atomic E-state index is 13.3. The zero-order chi connectivity index (χ0) is 26.3. The lowest BCUT2D eigenvalue weighted by Crippen LogP contribution is -2.45. The molecule has 194 valence electrons. The molecule has 4 nitrogen and oxygen atoms in total. The van der Waals surface area contributed by atoms with Crippen LogP contribution in [-0.4, -0.2) is 52.6 Å². The molecular weight excluding hydrogens is 503 g/mol. The minimum absolute atomic E-state index is 0.0156. The summed E-state index contributed by atoms with van der Waals surface area (Å²) in [5.41, 5.74) is 2.26. The molecule has 2 aromatic carbocycles. The highest BCUT2D eigenvalue weighted by Crippen LogP contribution is 2.38. The number of thiocarbonyl (C=S) groups is 1. The Balaban J connectivity index is 1.69. The molecule has 1 fully saturated rings. The minimum Gasteiger partial charge on any atom is -0.410 e. The Labute approximate surface area is 227 Å². The lowest BCUT2D eigenvalue weighted by molar-refractivity contribution is -0.130. The van der Waals surface area contributed by atoms with Gasteiger partial charge >= 0.3 is 0 Å². The van der Waals surface area contributed by atoms with Crippen molar-refractivity contribution in [1.29, 1.82) is 0 Å². The summed E-state index contributed by atoms with van der Waals surface area (Å²) in [4.78, 5) is 15.0. The van der Waals surface area contributed by atoms with E-state index in [4.69, 9.17) is 16.6 Å². The first kappa shape index (κ1) is 28.8. The summed E-state index contributed by atoms with van der Waals surface area (Å²) in [6.07, 6.45) is 4.10. The fourth-order valence-corrected chi connectivity index (χ4v) is 6.69. The van der Waals surface area contributed by atoms with Crippen molar-refractivity contribution in [3.8, 4) is 0 Å². The minimum atomic E-state index is -2.09. The Morgan fingerprint density at radius 2 is 1.78 bits per heavy atom. The van der Waals surface area contributed by atoms with Crippen LogP contribution in [0.5, 0.6) is 0 Å². The number of hydrogen-bond acceptors (Lipinski definition) is 5. The van der Waals surface area contributed by atoms with E-state index in [1.165, 1.54) is 5.56 Å². The number of hydrogen-bond donors (Lipinski definition) is 1. The van der Waals surface area contributed by atoms with Gasteiger partial charge in [0.2, 0.25) is 5.91 Å². The van der Waals surface area contributed by atoms with Crippen molar-refractivity contribution in [1.82, 2.24) is 4.90 Å². The van der Waals surface area contributed by atoms with E-state index in [9.17, 15) is 9.90 Å². The third-order valence-corrected chi connectivity index (χ3v) is 13.1. The Hall–Kier alpha value is -1.77. The molecule has 0 spiro atoms. The van der Waals surface area contributed by atoms with Crippen molar-refractivity contribution in [2.24, 2.45) is 0 Å². The van der Waals surface area contributed by atoms with Gasteiger partial charge in [-0.3, -0.25) is 9.69 Å². The molecule has 7 heteroatoms. The SMILES string of the molecule is CC(C)(C)[Si](C)(C)O[C@H](/C=C/c1ccccc1)C[C@H](O)CC(=O)N1C(=S)SC[C@@H]1Cc1ccccc1. The average Bonchev–Trinajstić information content (AvgIpc) is 3.17. The second-order valence-corrected chi connectivity index (χ2v) is 17.4. The fraction of sp³-hybridized carbons (Fsp3) is 0.448. The first-order valence-corrected chi connectivity index (χ1v) is 16.9. The molecule has 36 heavy (non-hydrogen) atoms. The molecule has 2 aromatic rings. The van der Waals surface area contributed by atoms with Crippen LogP contribution in [0.1, 0.15) is 44.7 Å². The zero-order valence-corrected chi connectivity index (χ0v) is 24.6. The summed E-state index contributed by atoms with van der Waals surface area (Å²) in [6.45, 7) is 11.0. The lowest BCUT2D eigenvalue weighted by Gasteiger charge is -2.39. The van der Waals surface area contributed by atoms with Gasteiger partial charge in [0.15, 0.2) is 8.32 Å². The van der Waals surface area contributed by atoms with Gasteiger partial charge in [0.25, 0.3) is 0 Å². The van der Waals surface area contributed by atoms with E-state index in [2.05, 4.69) is 46.0 Å². The van der Waals surface area contributed by atoms with Crippen LogP contribution in [0, 0.1) is 0 Å². The molecule has 3 rings (SSSR count). The van der Waals surface area contributed by atoms with E-state index >= 15 is 0 Å². The summed E-state index contributed by atoms with van der Waals surface area (Å²) in [6, 6.07) is 20.2. The molecule has 1 aliphatic heterocycles. The average molecular weight is 542 g/mol. The largest absolute Gasteiger partial charge is 0.410 e. The first-order valence-electron chi connectivity index (χ1n) is 12.6. The fourth-order valence-electron chi connectivity index (χ4n) is 3.96. The van der Waals surface area contributed by atoms with E-state index in [1.54, 1.807) is 16.7 Å². The molecular formula is C29H39NO3S2Si. The molecule has 0 unspecified atom stereocenters. The maximum Gasteiger partial charge on any atom is 0.230 e. The Bertz CT molecular complexity index is 1040. The van der Waals surface area contributed by atoms with Gasteiger partial charge in [-0.15, -0.1) is 0 Å². The number of rotatable bonds is 10. The molecule has 1 heterocycles. The van der Waals surface area contributed by atoms with Crippen LogP contribution in [0.15, 0.2) is 66.7 Å². The summed E-state index contributed by atoms with van der Waals surface area (Å²) in [5, 5.41) is 11.1. The number of nitrogens with zero attached hydrogens (tertiary/aromatic N) is 1. The van der Waals surface area contributed by atoms with Crippen molar-refractivity contribution in [3.05, 3.63) is 77.9 Å². The third kappa shape index (κ3) is 8.12. The van der Waals surface area contributed by atoms with Gasteiger partial charge in [0, 0.05) is 12.2 Å². The topological polar surface area (TPSA) is 49.8 Å². The van der Waals surface area contributed by atoms with Crippen molar-refractivity contribution >= 4 is 48.6 Å². The molecule has 0 radical (unpaired) electrons. The van der Waals surface area contributed by atoms with Crippen LogP contribution in [-0.2, 0) is 15.6 Å². The molecule has 1 N–H and O–H groups in total. The van der Waals surface area contributed by atoms with Crippen LogP contribution in [0.2, 0.25) is 18.1 Å².